The Kier molecular flexibility index (Phi) is 5.53. The van der Waals surface area contributed by atoms with E-state index in [1.54, 1.807) is 6.92 Å². The predicted molar refractivity (Wildman–Crippen MR) is 59.7 cm³/mol. The second-order valence-corrected chi connectivity index (χ2v) is 4.83. The Hall–Kier alpha value is -0.710. The molecule has 0 spiro atoms. The first-order valence-electron chi connectivity index (χ1n) is 5.30. The summed E-state index contributed by atoms with van der Waals surface area (Å²) in [4.78, 5) is 22.2. The van der Waals surface area contributed by atoms with E-state index in [-0.39, 0.29) is 6.61 Å². The fraction of sp³-hybridized carbons (Fsp3) is 0.800. The van der Waals surface area contributed by atoms with Crippen molar-refractivity contribution in [3.63, 3.8) is 0 Å². The Bertz CT molecular complexity index is 227. The van der Waals surface area contributed by atoms with Crippen LogP contribution in [0.2, 0.25) is 0 Å². The molecule has 1 saturated heterocycles. The van der Waals surface area contributed by atoms with E-state index < -0.39 is 11.9 Å². The lowest BCUT2D eigenvalue weighted by molar-refractivity contribution is -0.154. The lowest BCUT2D eigenvalue weighted by Crippen LogP contribution is -2.37. The van der Waals surface area contributed by atoms with Gasteiger partial charge < -0.3 is 10.1 Å². The van der Waals surface area contributed by atoms with Crippen molar-refractivity contribution < 1.29 is 14.3 Å². The van der Waals surface area contributed by atoms with Gasteiger partial charge in [0.2, 0.25) is 0 Å². The molecular formula is C10H17NO3S. The highest BCUT2D eigenvalue weighted by Crippen LogP contribution is 2.24. The summed E-state index contributed by atoms with van der Waals surface area (Å²) in [5.41, 5.74) is 0. The van der Waals surface area contributed by atoms with E-state index >= 15 is 0 Å². The third-order valence-corrected chi connectivity index (χ3v) is 3.62. The van der Waals surface area contributed by atoms with E-state index in [2.05, 4.69) is 10.1 Å². The molecule has 4 nitrogen and oxygen atoms in total. The van der Waals surface area contributed by atoms with E-state index in [0.717, 1.165) is 12.2 Å². The molecule has 0 aromatic heterocycles. The number of carbonyl (C=O) groups is 2. The van der Waals surface area contributed by atoms with Crippen LogP contribution in [0.1, 0.15) is 26.2 Å². The number of hydrogen-bond donors (Lipinski definition) is 1. The molecule has 1 rings (SSSR count). The van der Waals surface area contributed by atoms with Crippen molar-refractivity contribution >= 4 is 23.6 Å². The molecule has 1 aliphatic heterocycles. The van der Waals surface area contributed by atoms with Crippen LogP contribution in [0.25, 0.3) is 0 Å². The van der Waals surface area contributed by atoms with Crippen molar-refractivity contribution in [3.8, 4) is 0 Å². The second-order valence-electron chi connectivity index (χ2n) is 3.42. The molecule has 86 valence electrons. The number of amides is 1. The standard InChI is InChI=1S/C10H17NO3S/c1-2-14-10(13)9(12)11-7-8-5-3-4-6-15-8/h8H,2-7H2,1H3,(H,11,12). The third-order valence-electron chi connectivity index (χ3n) is 2.23. The number of ether oxygens (including phenoxy) is 1. The molecule has 0 radical (unpaired) electrons. The quantitative estimate of drug-likeness (QED) is 0.580. The van der Waals surface area contributed by atoms with Gasteiger partial charge in [-0.25, -0.2) is 4.79 Å². The van der Waals surface area contributed by atoms with Gasteiger partial charge in [-0.2, -0.15) is 11.8 Å². The molecule has 1 heterocycles. The molecule has 1 N–H and O–H groups in total. The second kappa shape index (κ2) is 6.71. The zero-order valence-electron chi connectivity index (χ0n) is 8.95. The first-order chi connectivity index (χ1) is 7.24. The number of carbonyl (C=O) groups excluding carboxylic acids is 2. The predicted octanol–water partition coefficient (Wildman–Crippen LogP) is 0.951. The monoisotopic (exact) mass is 231 g/mol. The van der Waals surface area contributed by atoms with Gasteiger partial charge in [0, 0.05) is 11.8 Å². The van der Waals surface area contributed by atoms with Crippen molar-refractivity contribution in [1.29, 1.82) is 0 Å². The molecule has 1 atom stereocenters. The van der Waals surface area contributed by atoms with E-state index in [9.17, 15) is 9.59 Å². The number of thioether (sulfide) groups is 1. The average Bonchev–Trinajstić information content (AvgIpc) is 2.27. The molecular weight excluding hydrogens is 214 g/mol. The Morgan fingerprint density at radius 2 is 2.27 bits per heavy atom. The zero-order chi connectivity index (χ0) is 11.1. The number of hydrogen-bond acceptors (Lipinski definition) is 4. The van der Waals surface area contributed by atoms with Crippen LogP contribution in [-0.4, -0.2) is 36.0 Å². The molecule has 0 aromatic carbocycles. The molecule has 1 fully saturated rings. The number of esters is 1. The molecule has 0 bridgehead atoms. The van der Waals surface area contributed by atoms with Gasteiger partial charge in [0.1, 0.15) is 0 Å². The Balaban J connectivity index is 2.17. The first-order valence-corrected chi connectivity index (χ1v) is 6.35. The van der Waals surface area contributed by atoms with Crippen molar-refractivity contribution in [2.24, 2.45) is 0 Å². The van der Waals surface area contributed by atoms with Crippen LogP contribution >= 0.6 is 11.8 Å². The highest BCUT2D eigenvalue weighted by atomic mass is 32.2. The van der Waals surface area contributed by atoms with Gasteiger partial charge in [-0.15, -0.1) is 0 Å². The van der Waals surface area contributed by atoms with Gasteiger partial charge >= 0.3 is 11.9 Å². The summed E-state index contributed by atoms with van der Waals surface area (Å²) < 4.78 is 4.59. The topological polar surface area (TPSA) is 55.4 Å². The summed E-state index contributed by atoms with van der Waals surface area (Å²) in [5.74, 6) is -0.249. The maximum Gasteiger partial charge on any atom is 0.396 e. The Morgan fingerprint density at radius 1 is 1.47 bits per heavy atom. The molecule has 1 unspecified atom stereocenters. The Morgan fingerprint density at radius 3 is 2.87 bits per heavy atom. The van der Waals surface area contributed by atoms with Crippen LogP contribution in [-0.2, 0) is 14.3 Å². The molecule has 1 aliphatic rings. The highest BCUT2D eigenvalue weighted by molar-refractivity contribution is 7.99. The minimum Gasteiger partial charge on any atom is -0.459 e. The minimum atomic E-state index is -0.779. The molecule has 5 heteroatoms. The minimum absolute atomic E-state index is 0.241. The SMILES string of the molecule is CCOC(=O)C(=O)NCC1CCCCS1. The van der Waals surface area contributed by atoms with Crippen LogP contribution in [0.5, 0.6) is 0 Å². The van der Waals surface area contributed by atoms with E-state index in [1.807, 2.05) is 11.8 Å². The van der Waals surface area contributed by atoms with Crippen LogP contribution < -0.4 is 5.32 Å². The van der Waals surface area contributed by atoms with Gasteiger partial charge in [0.25, 0.3) is 0 Å². The van der Waals surface area contributed by atoms with Gasteiger partial charge in [-0.05, 0) is 25.5 Å². The third kappa shape index (κ3) is 4.55. The highest BCUT2D eigenvalue weighted by Gasteiger charge is 2.18. The average molecular weight is 231 g/mol. The summed E-state index contributed by atoms with van der Waals surface area (Å²) >= 11 is 1.86. The van der Waals surface area contributed by atoms with Crippen LogP contribution in [0.3, 0.4) is 0 Å². The maximum absolute atomic E-state index is 11.2. The summed E-state index contributed by atoms with van der Waals surface area (Å²) in [6, 6.07) is 0. The molecule has 0 aromatic rings. The molecule has 1 amide bonds. The van der Waals surface area contributed by atoms with E-state index in [1.165, 1.54) is 12.8 Å². The summed E-state index contributed by atoms with van der Waals surface area (Å²) in [6.45, 7) is 2.49. The zero-order valence-corrected chi connectivity index (χ0v) is 9.77. The normalized spacial score (nSPS) is 20.7. The van der Waals surface area contributed by atoms with Crippen LogP contribution in [0, 0.1) is 0 Å². The van der Waals surface area contributed by atoms with Crippen molar-refractivity contribution in [2.75, 3.05) is 18.9 Å². The number of rotatable bonds is 3. The van der Waals surface area contributed by atoms with Crippen LogP contribution in [0.15, 0.2) is 0 Å². The largest absolute Gasteiger partial charge is 0.459 e. The lowest BCUT2D eigenvalue weighted by atomic mass is 10.2. The Labute approximate surface area is 94.1 Å². The van der Waals surface area contributed by atoms with Crippen molar-refractivity contribution in [1.82, 2.24) is 5.32 Å². The van der Waals surface area contributed by atoms with E-state index in [0.29, 0.717) is 11.8 Å². The van der Waals surface area contributed by atoms with Crippen LogP contribution in [0.4, 0.5) is 0 Å². The van der Waals surface area contributed by atoms with Gasteiger partial charge in [-0.3, -0.25) is 4.79 Å². The fourth-order valence-electron chi connectivity index (χ4n) is 1.44. The molecule has 15 heavy (non-hydrogen) atoms. The summed E-state index contributed by atoms with van der Waals surface area (Å²) in [5, 5.41) is 3.06. The van der Waals surface area contributed by atoms with Gasteiger partial charge in [-0.1, -0.05) is 6.42 Å². The van der Waals surface area contributed by atoms with Crippen molar-refractivity contribution in [2.45, 2.75) is 31.4 Å². The smallest absolute Gasteiger partial charge is 0.396 e. The summed E-state index contributed by atoms with van der Waals surface area (Å²) in [7, 11) is 0. The van der Waals surface area contributed by atoms with Crippen molar-refractivity contribution in [3.05, 3.63) is 0 Å². The molecule has 0 saturated carbocycles. The number of nitrogens with one attached hydrogen (secondary N) is 1. The van der Waals surface area contributed by atoms with Gasteiger partial charge in [0.15, 0.2) is 0 Å². The van der Waals surface area contributed by atoms with E-state index in [4.69, 9.17) is 0 Å². The fourth-order valence-corrected chi connectivity index (χ4v) is 2.68. The maximum atomic E-state index is 11.2. The van der Waals surface area contributed by atoms with Gasteiger partial charge in [0.05, 0.1) is 6.61 Å². The lowest BCUT2D eigenvalue weighted by Gasteiger charge is -2.20. The first kappa shape index (κ1) is 12.4. The summed E-state index contributed by atoms with van der Waals surface area (Å²) in [6.07, 6.45) is 3.59. The molecule has 0 aliphatic carbocycles.